The maximum Gasteiger partial charge on any atom is 0.325 e. The summed E-state index contributed by atoms with van der Waals surface area (Å²) in [4.78, 5) is 26.3. The van der Waals surface area contributed by atoms with E-state index in [0.717, 1.165) is 5.56 Å². The topological polar surface area (TPSA) is 80.3 Å². The molecule has 0 aliphatic carbocycles. The van der Waals surface area contributed by atoms with Crippen LogP contribution in [0.3, 0.4) is 0 Å². The van der Waals surface area contributed by atoms with Gasteiger partial charge in [-0.3, -0.25) is 9.78 Å². The Morgan fingerprint density at radius 1 is 1.47 bits per heavy atom. The standard InChI is InChI=1S/C11H15N3O3/c1-3-17-10(15)7-13-11(16)14-9-6-12-5-4-8(9)2/h4-6H,3,7H2,1-2H3,(H2,13,14,16). The van der Waals surface area contributed by atoms with E-state index >= 15 is 0 Å². The molecule has 92 valence electrons. The summed E-state index contributed by atoms with van der Waals surface area (Å²) in [6.45, 7) is 3.70. The molecule has 1 aromatic rings. The molecule has 1 rings (SSSR count). The van der Waals surface area contributed by atoms with Crippen molar-refractivity contribution in [2.24, 2.45) is 0 Å². The summed E-state index contributed by atoms with van der Waals surface area (Å²) >= 11 is 0. The molecule has 0 fully saturated rings. The van der Waals surface area contributed by atoms with Crippen LogP contribution in [0.4, 0.5) is 10.5 Å². The monoisotopic (exact) mass is 237 g/mol. The fraction of sp³-hybridized carbons (Fsp3) is 0.364. The first-order chi connectivity index (χ1) is 8.13. The molecule has 2 amide bonds. The molecule has 17 heavy (non-hydrogen) atoms. The second kappa shape index (κ2) is 6.47. The molecule has 0 aliphatic rings. The van der Waals surface area contributed by atoms with Crippen molar-refractivity contribution < 1.29 is 14.3 Å². The van der Waals surface area contributed by atoms with Gasteiger partial charge in [0, 0.05) is 6.20 Å². The maximum absolute atomic E-state index is 11.4. The van der Waals surface area contributed by atoms with Gasteiger partial charge >= 0.3 is 12.0 Å². The van der Waals surface area contributed by atoms with Crippen molar-refractivity contribution in [3.8, 4) is 0 Å². The zero-order chi connectivity index (χ0) is 12.7. The van der Waals surface area contributed by atoms with Gasteiger partial charge in [0.25, 0.3) is 0 Å². The van der Waals surface area contributed by atoms with Crippen molar-refractivity contribution in [1.82, 2.24) is 10.3 Å². The predicted molar refractivity (Wildman–Crippen MR) is 62.6 cm³/mol. The fourth-order valence-electron chi connectivity index (χ4n) is 1.13. The molecule has 0 bridgehead atoms. The van der Waals surface area contributed by atoms with Gasteiger partial charge in [-0.1, -0.05) is 0 Å². The van der Waals surface area contributed by atoms with E-state index < -0.39 is 12.0 Å². The van der Waals surface area contributed by atoms with Crippen molar-refractivity contribution in [1.29, 1.82) is 0 Å². The molecule has 0 spiro atoms. The molecule has 6 heteroatoms. The Hall–Kier alpha value is -2.11. The summed E-state index contributed by atoms with van der Waals surface area (Å²) < 4.78 is 4.67. The quantitative estimate of drug-likeness (QED) is 0.768. The van der Waals surface area contributed by atoms with Gasteiger partial charge in [-0.05, 0) is 25.5 Å². The first-order valence-electron chi connectivity index (χ1n) is 5.24. The molecule has 1 heterocycles. The summed E-state index contributed by atoms with van der Waals surface area (Å²) in [5, 5.41) is 4.98. The molecule has 1 aromatic heterocycles. The average Bonchev–Trinajstić information content (AvgIpc) is 2.30. The Labute approximate surface area is 99.4 Å². The minimum absolute atomic E-state index is 0.154. The van der Waals surface area contributed by atoms with Crippen LogP contribution in [0.5, 0.6) is 0 Å². The number of hydrogen-bond donors (Lipinski definition) is 2. The molecular weight excluding hydrogens is 222 g/mol. The molecular formula is C11H15N3O3. The molecule has 6 nitrogen and oxygen atoms in total. The number of rotatable bonds is 4. The van der Waals surface area contributed by atoms with Crippen LogP contribution < -0.4 is 10.6 Å². The average molecular weight is 237 g/mol. The lowest BCUT2D eigenvalue weighted by molar-refractivity contribution is -0.141. The van der Waals surface area contributed by atoms with Crippen LogP contribution in [0.25, 0.3) is 0 Å². The number of nitrogens with zero attached hydrogens (tertiary/aromatic N) is 1. The van der Waals surface area contributed by atoms with Crippen LogP contribution in [-0.2, 0) is 9.53 Å². The van der Waals surface area contributed by atoms with Crippen LogP contribution in [0.1, 0.15) is 12.5 Å². The van der Waals surface area contributed by atoms with Crippen molar-refractivity contribution >= 4 is 17.7 Å². The van der Waals surface area contributed by atoms with Gasteiger partial charge < -0.3 is 15.4 Å². The van der Waals surface area contributed by atoms with Crippen LogP contribution in [0.15, 0.2) is 18.5 Å². The largest absolute Gasteiger partial charge is 0.465 e. The van der Waals surface area contributed by atoms with E-state index in [2.05, 4.69) is 20.4 Å². The first kappa shape index (κ1) is 13.0. The third-order valence-corrected chi connectivity index (χ3v) is 1.99. The van der Waals surface area contributed by atoms with Crippen LogP contribution in [0.2, 0.25) is 0 Å². The molecule has 0 aliphatic heterocycles. The van der Waals surface area contributed by atoms with E-state index in [0.29, 0.717) is 12.3 Å². The third-order valence-electron chi connectivity index (χ3n) is 1.99. The zero-order valence-corrected chi connectivity index (χ0v) is 9.82. The number of urea groups is 1. The van der Waals surface area contributed by atoms with Gasteiger partial charge in [0.15, 0.2) is 0 Å². The second-order valence-corrected chi connectivity index (χ2v) is 3.30. The number of amides is 2. The number of pyridine rings is 1. The number of aryl methyl sites for hydroxylation is 1. The van der Waals surface area contributed by atoms with Crippen molar-refractivity contribution in [2.75, 3.05) is 18.5 Å². The Kier molecular flexibility index (Phi) is 4.93. The SMILES string of the molecule is CCOC(=O)CNC(=O)Nc1cnccc1C. The highest BCUT2D eigenvalue weighted by atomic mass is 16.5. The lowest BCUT2D eigenvalue weighted by Crippen LogP contribution is -2.34. The Morgan fingerprint density at radius 2 is 2.24 bits per heavy atom. The number of esters is 1. The minimum atomic E-state index is -0.467. The lowest BCUT2D eigenvalue weighted by atomic mass is 10.2. The van der Waals surface area contributed by atoms with Crippen molar-refractivity contribution in [2.45, 2.75) is 13.8 Å². The van der Waals surface area contributed by atoms with E-state index in [-0.39, 0.29) is 6.54 Å². The highest BCUT2D eigenvalue weighted by molar-refractivity contribution is 5.91. The number of nitrogens with one attached hydrogen (secondary N) is 2. The van der Waals surface area contributed by atoms with Crippen molar-refractivity contribution in [3.63, 3.8) is 0 Å². The smallest absolute Gasteiger partial charge is 0.325 e. The number of hydrogen-bond acceptors (Lipinski definition) is 4. The zero-order valence-electron chi connectivity index (χ0n) is 9.82. The van der Waals surface area contributed by atoms with E-state index in [9.17, 15) is 9.59 Å². The molecule has 0 saturated carbocycles. The highest BCUT2D eigenvalue weighted by Gasteiger charge is 2.06. The summed E-state index contributed by atoms with van der Waals surface area (Å²) in [6.07, 6.45) is 3.18. The number of anilines is 1. The van der Waals surface area contributed by atoms with E-state index in [1.165, 1.54) is 0 Å². The van der Waals surface area contributed by atoms with Crippen LogP contribution >= 0.6 is 0 Å². The second-order valence-electron chi connectivity index (χ2n) is 3.30. The van der Waals surface area contributed by atoms with Gasteiger partial charge in [0.1, 0.15) is 6.54 Å². The first-order valence-corrected chi connectivity index (χ1v) is 5.24. The van der Waals surface area contributed by atoms with E-state index in [4.69, 9.17) is 0 Å². The van der Waals surface area contributed by atoms with Gasteiger partial charge in [-0.2, -0.15) is 0 Å². The highest BCUT2D eigenvalue weighted by Crippen LogP contribution is 2.10. The summed E-state index contributed by atoms with van der Waals surface area (Å²) in [5.41, 5.74) is 1.50. The molecule has 0 atom stereocenters. The number of aromatic nitrogens is 1. The molecule has 0 unspecified atom stereocenters. The van der Waals surface area contributed by atoms with Gasteiger partial charge in [0.05, 0.1) is 18.5 Å². The van der Waals surface area contributed by atoms with Crippen molar-refractivity contribution in [3.05, 3.63) is 24.0 Å². The third kappa shape index (κ3) is 4.50. The fourth-order valence-corrected chi connectivity index (χ4v) is 1.13. The molecule has 0 radical (unpaired) electrons. The number of carbonyl (C=O) groups excluding carboxylic acids is 2. The molecule has 0 aromatic carbocycles. The van der Waals surface area contributed by atoms with Gasteiger partial charge in [0.2, 0.25) is 0 Å². The Morgan fingerprint density at radius 3 is 2.88 bits per heavy atom. The predicted octanol–water partition coefficient (Wildman–Crippen LogP) is 1.07. The van der Waals surface area contributed by atoms with E-state index in [1.54, 1.807) is 25.4 Å². The maximum atomic E-state index is 11.4. The van der Waals surface area contributed by atoms with Gasteiger partial charge in [-0.15, -0.1) is 0 Å². The summed E-state index contributed by atoms with van der Waals surface area (Å²) in [6, 6.07) is 1.31. The Bertz CT molecular complexity index is 407. The van der Waals surface area contributed by atoms with Crippen LogP contribution in [0, 0.1) is 6.92 Å². The minimum Gasteiger partial charge on any atom is -0.465 e. The van der Waals surface area contributed by atoms with Crippen LogP contribution in [-0.4, -0.2) is 30.1 Å². The number of carbonyl (C=O) groups is 2. The summed E-state index contributed by atoms with van der Waals surface area (Å²) in [7, 11) is 0. The Balaban J connectivity index is 2.40. The summed E-state index contributed by atoms with van der Waals surface area (Å²) in [5.74, 6) is -0.467. The van der Waals surface area contributed by atoms with Gasteiger partial charge in [-0.25, -0.2) is 4.79 Å². The normalized spacial score (nSPS) is 9.53. The molecule has 0 saturated heterocycles. The van der Waals surface area contributed by atoms with E-state index in [1.807, 2.05) is 6.92 Å². The number of ether oxygens (including phenoxy) is 1. The lowest BCUT2D eigenvalue weighted by Gasteiger charge is -2.08. The molecule has 2 N–H and O–H groups in total.